The van der Waals surface area contributed by atoms with E-state index in [2.05, 4.69) is 4.72 Å². The summed E-state index contributed by atoms with van der Waals surface area (Å²) in [5.74, 6) is 0. The predicted octanol–water partition coefficient (Wildman–Crippen LogP) is 0.677. The van der Waals surface area contributed by atoms with Gasteiger partial charge in [0.1, 0.15) is 0 Å². The van der Waals surface area contributed by atoms with E-state index < -0.39 is 10.0 Å². The van der Waals surface area contributed by atoms with Gasteiger partial charge in [-0.3, -0.25) is 0 Å². The van der Waals surface area contributed by atoms with E-state index >= 15 is 0 Å². The highest BCUT2D eigenvalue weighted by molar-refractivity contribution is 7.89. The molecule has 92 valence electrons. The van der Waals surface area contributed by atoms with Gasteiger partial charge in [0, 0.05) is 13.7 Å². The standard InChI is InChI=1S/C11H14N2O3S/c1-16-9-8-13-17(14,15)11-4-2-10(3-5-11)6-7-12/h2-5,13H,6,8-9H2,1H3. The maximum Gasteiger partial charge on any atom is 0.240 e. The highest BCUT2D eigenvalue weighted by atomic mass is 32.2. The largest absolute Gasteiger partial charge is 0.383 e. The van der Waals surface area contributed by atoms with E-state index in [1.807, 2.05) is 6.07 Å². The van der Waals surface area contributed by atoms with Crippen LogP contribution in [0.3, 0.4) is 0 Å². The second kappa shape index (κ2) is 6.35. The Hall–Kier alpha value is -1.42. The molecule has 0 spiro atoms. The monoisotopic (exact) mass is 254 g/mol. The number of rotatable bonds is 6. The van der Waals surface area contributed by atoms with Crippen LogP contribution in [0.1, 0.15) is 5.56 Å². The van der Waals surface area contributed by atoms with Crippen LogP contribution in [0.2, 0.25) is 0 Å². The molecule has 0 unspecified atom stereocenters. The van der Waals surface area contributed by atoms with Gasteiger partial charge in [0.25, 0.3) is 0 Å². The summed E-state index contributed by atoms with van der Waals surface area (Å²) in [6.07, 6.45) is 0.275. The van der Waals surface area contributed by atoms with Crippen molar-refractivity contribution in [3.8, 4) is 6.07 Å². The first-order valence-corrected chi connectivity index (χ1v) is 6.53. The van der Waals surface area contributed by atoms with Crippen molar-refractivity contribution in [3.05, 3.63) is 29.8 Å². The minimum absolute atomic E-state index is 0.190. The molecule has 0 aliphatic heterocycles. The maximum atomic E-state index is 11.7. The molecule has 0 heterocycles. The molecule has 0 aliphatic carbocycles. The third kappa shape index (κ3) is 4.15. The van der Waals surface area contributed by atoms with Crippen molar-refractivity contribution in [3.63, 3.8) is 0 Å². The van der Waals surface area contributed by atoms with E-state index in [9.17, 15) is 8.42 Å². The van der Waals surface area contributed by atoms with E-state index in [-0.39, 0.29) is 17.9 Å². The molecule has 5 nitrogen and oxygen atoms in total. The van der Waals surface area contributed by atoms with Crippen LogP contribution in [0.5, 0.6) is 0 Å². The first-order valence-electron chi connectivity index (χ1n) is 5.04. The molecule has 0 fully saturated rings. The topological polar surface area (TPSA) is 79.2 Å². The molecule has 0 atom stereocenters. The number of methoxy groups -OCH3 is 1. The molecule has 1 N–H and O–H groups in total. The zero-order valence-corrected chi connectivity index (χ0v) is 10.3. The third-order valence-electron chi connectivity index (χ3n) is 2.12. The average Bonchev–Trinajstić information content (AvgIpc) is 2.30. The molecule has 0 radical (unpaired) electrons. The molecule has 1 rings (SSSR count). The number of sulfonamides is 1. The molecule has 0 saturated heterocycles. The van der Waals surface area contributed by atoms with Crippen LogP contribution in [-0.2, 0) is 21.2 Å². The van der Waals surface area contributed by atoms with Crippen LogP contribution in [0, 0.1) is 11.3 Å². The minimum Gasteiger partial charge on any atom is -0.383 e. The second-order valence-electron chi connectivity index (χ2n) is 3.37. The fourth-order valence-corrected chi connectivity index (χ4v) is 2.25. The average molecular weight is 254 g/mol. The molecule has 1 aromatic carbocycles. The molecule has 0 aliphatic rings. The first-order chi connectivity index (χ1) is 8.10. The van der Waals surface area contributed by atoms with Crippen LogP contribution in [0.15, 0.2) is 29.2 Å². The molecule has 0 amide bonds. The van der Waals surface area contributed by atoms with Gasteiger partial charge in [0.05, 0.1) is 24.0 Å². The molecule has 0 bridgehead atoms. The highest BCUT2D eigenvalue weighted by Crippen LogP contribution is 2.10. The molecular formula is C11H14N2O3S. The van der Waals surface area contributed by atoms with Crippen LogP contribution in [0.4, 0.5) is 0 Å². The summed E-state index contributed by atoms with van der Waals surface area (Å²) in [4.78, 5) is 0.190. The quantitative estimate of drug-likeness (QED) is 0.757. The zero-order valence-electron chi connectivity index (χ0n) is 9.51. The van der Waals surface area contributed by atoms with Gasteiger partial charge >= 0.3 is 0 Å². The number of ether oxygens (including phenoxy) is 1. The summed E-state index contributed by atoms with van der Waals surface area (Å²) in [6, 6.07) is 8.24. The molecule has 0 aromatic heterocycles. The lowest BCUT2D eigenvalue weighted by Gasteiger charge is -2.06. The Balaban J connectivity index is 2.75. The van der Waals surface area contributed by atoms with Gasteiger partial charge in [0.2, 0.25) is 10.0 Å². The number of nitriles is 1. The summed E-state index contributed by atoms with van der Waals surface area (Å²) < 4.78 is 30.7. The first kappa shape index (κ1) is 13.6. The Morgan fingerprint density at radius 3 is 2.53 bits per heavy atom. The third-order valence-corrected chi connectivity index (χ3v) is 3.59. The number of nitrogens with one attached hydrogen (secondary N) is 1. The summed E-state index contributed by atoms with van der Waals surface area (Å²) in [7, 11) is -1.97. The van der Waals surface area contributed by atoms with Gasteiger partial charge in [-0.1, -0.05) is 12.1 Å². The van der Waals surface area contributed by atoms with E-state index in [1.54, 1.807) is 12.1 Å². The van der Waals surface area contributed by atoms with Gasteiger partial charge in [-0.25, -0.2) is 13.1 Å². The summed E-state index contributed by atoms with van der Waals surface area (Å²) in [5, 5.41) is 8.50. The van der Waals surface area contributed by atoms with Crippen LogP contribution >= 0.6 is 0 Å². The highest BCUT2D eigenvalue weighted by Gasteiger charge is 2.12. The normalized spacial score (nSPS) is 11.1. The zero-order chi connectivity index (χ0) is 12.7. The molecule has 17 heavy (non-hydrogen) atoms. The smallest absolute Gasteiger partial charge is 0.240 e. The van der Waals surface area contributed by atoms with Gasteiger partial charge < -0.3 is 4.74 Å². The number of hydrogen-bond acceptors (Lipinski definition) is 4. The van der Waals surface area contributed by atoms with Crippen molar-refractivity contribution < 1.29 is 13.2 Å². The second-order valence-corrected chi connectivity index (χ2v) is 5.14. The van der Waals surface area contributed by atoms with Gasteiger partial charge in [-0.05, 0) is 17.7 Å². The van der Waals surface area contributed by atoms with Crippen molar-refractivity contribution >= 4 is 10.0 Å². The number of hydrogen-bond donors (Lipinski definition) is 1. The lowest BCUT2D eigenvalue weighted by molar-refractivity contribution is 0.204. The fourth-order valence-electron chi connectivity index (χ4n) is 1.24. The van der Waals surface area contributed by atoms with Gasteiger partial charge in [-0.15, -0.1) is 0 Å². The number of nitrogens with zero attached hydrogens (tertiary/aromatic N) is 1. The van der Waals surface area contributed by atoms with Crippen molar-refractivity contribution in [1.82, 2.24) is 4.72 Å². The van der Waals surface area contributed by atoms with Crippen molar-refractivity contribution in [2.75, 3.05) is 20.3 Å². The molecular weight excluding hydrogens is 240 g/mol. The summed E-state index contributed by atoms with van der Waals surface area (Å²) in [5.41, 5.74) is 0.795. The van der Waals surface area contributed by atoms with Crippen LogP contribution < -0.4 is 4.72 Å². The minimum atomic E-state index is -3.48. The lowest BCUT2D eigenvalue weighted by atomic mass is 10.2. The molecule has 1 aromatic rings. The summed E-state index contributed by atoms with van der Waals surface area (Å²) in [6.45, 7) is 0.560. The Morgan fingerprint density at radius 1 is 1.35 bits per heavy atom. The van der Waals surface area contributed by atoms with Gasteiger partial charge in [0.15, 0.2) is 0 Å². The van der Waals surface area contributed by atoms with E-state index in [4.69, 9.17) is 10.00 Å². The fraction of sp³-hybridized carbons (Fsp3) is 0.364. The molecule has 0 saturated carbocycles. The van der Waals surface area contributed by atoms with Crippen LogP contribution in [0.25, 0.3) is 0 Å². The Kier molecular flexibility index (Phi) is 5.10. The Morgan fingerprint density at radius 2 is 2.00 bits per heavy atom. The molecule has 6 heteroatoms. The van der Waals surface area contributed by atoms with E-state index in [1.165, 1.54) is 19.2 Å². The SMILES string of the molecule is COCCNS(=O)(=O)c1ccc(CC#N)cc1. The maximum absolute atomic E-state index is 11.7. The lowest BCUT2D eigenvalue weighted by Crippen LogP contribution is -2.27. The van der Waals surface area contributed by atoms with Crippen LogP contribution in [-0.4, -0.2) is 28.7 Å². The van der Waals surface area contributed by atoms with Crippen molar-refractivity contribution in [2.24, 2.45) is 0 Å². The Labute approximate surface area is 101 Å². The van der Waals surface area contributed by atoms with E-state index in [0.717, 1.165) is 5.56 Å². The van der Waals surface area contributed by atoms with Gasteiger partial charge in [-0.2, -0.15) is 5.26 Å². The summed E-state index contributed by atoms with van der Waals surface area (Å²) >= 11 is 0. The number of benzene rings is 1. The van der Waals surface area contributed by atoms with E-state index in [0.29, 0.717) is 6.61 Å². The van der Waals surface area contributed by atoms with Crippen molar-refractivity contribution in [2.45, 2.75) is 11.3 Å². The van der Waals surface area contributed by atoms with Crippen molar-refractivity contribution in [1.29, 1.82) is 5.26 Å². The predicted molar refractivity (Wildman–Crippen MR) is 62.8 cm³/mol. The Bertz CT molecular complexity index is 488.